The molecule has 2 atom stereocenters. The molecule has 0 aromatic rings. The fourth-order valence-electron chi connectivity index (χ4n) is 1.57. The van der Waals surface area contributed by atoms with Gasteiger partial charge in [-0.2, -0.15) is 13.2 Å². The summed E-state index contributed by atoms with van der Waals surface area (Å²) in [6.45, 7) is 0. The van der Waals surface area contributed by atoms with E-state index < -0.39 is 24.0 Å². The molecule has 76 valence electrons. The molecule has 0 aromatic heterocycles. The minimum absolute atomic E-state index is 0.152. The number of hydrogen-bond acceptors (Lipinski definition) is 2. The number of aliphatic hydroxyl groups excluding tert-OH is 1. The molecule has 0 unspecified atom stereocenters. The van der Waals surface area contributed by atoms with Crippen molar-refractivity contribution in [1.82, 2.24) is 0 Å². The van der Waals surface area contributed by atoms with Crippen molar-refractivity contribution in [3.8, 4) is 0 Å². The molecule has 0 bridgehead atoms. The van der Waals surface area contributed by atoms with Gasteiger partial charge in [0.1, 0.15) is 5.78 Å². The van der Waals surface area contributed by atoms with E-state index in [2.05, 4.69) is 0 Å². The van der Waals surface area contributed by atoms with Crippen molar-refractivity contribution in [2.75, 3.05) is 0 Å². The Morgan fingerprint density at radius 3 is 2.46 bits per heavy atom. The molecule has 2 nitrogen and oxygen atoms in total. The van der Waals surface area contributed by atoms with Crippen LogP contribution in [-0.2, 0) is 4.79 Å². The van der Waals surface area contributed by atoms with Gasteiger partial charge < -0.3 is 5.11 Å². The van der Waals surface area contributed by atoms with Crippen LogP contribution in [0.5, 0.6) is 0 Å². The van der Waals surface area contributed by atoms with Gasteiger partial charge in [0.15, 0.2) is 6.10 Å². The molecule has 0 aromatic carbocycles. The Balaban J connectivity index is 2.64. The number of halogens is 3. The number of Topliss-reactive ketones (excluding diaryl/α,β-unsaturated/α-hetero) is 1. The lowest BCUT2D eigenvalue weighted by Gasteiger charge is -2.26. The number of carbonyl (C=O) groups is 1. The summed E-state index contributed by atoms with van der Waals surface area (Å²) >= 11 is 0. The molecular formula is C8H11F3O2. The van der Waals surface area contributed by atoms with Crippen LogP contribution in [0.4, 0.5) is 13.2 Å². The average Bonchev–Trinajstić information content (AvgIpc) is 2.02. The van der Waals surface area contributed by atoms with Gasteiger partial charge >= 0.3 is 6.18 Å². The lowest BCUT2D eigenvalue weighted by Crippen LogP contribution is -2.41. The highest BCUT2D eigenvalue weighted by Crippen LogP contribution is 2.32. The first-order chi connectivity index (χ1) is 5.93. The third kappa shape index (κ3) is 2.43. The molecule has 0 heterocycles. The van der Waals surface area contributed by atoms with Crippen LogP contribution in [0, 0.1) is 5.92 Å². The molecule has 0 saturated heterocycles. The molecule has 0 aliphatic heterocycles. The Labute approximate surface area is 73.7 Å². The standard InChI is InChI=1S/C8H11F3O2/c9-8(10,11)7(13)5-3-1-2-4-6(5)12/h5,7,13H,1-4H2/t5-,7+/m0/s1. The molecule has 1 N–H and O–H groups in total. The van der Waals surface area contributed by atoms with Crippen LogP contribution in [0.3, 0.4) is 0 Å². The average molecular weight is 196 g/mol. The van der Waals surface area contributed by atoms with E-state index in [0.29, 0.717) is 12.8 Å². The quantitative estimate of drug-likeness (QED) is 0.692. The first-order valence-corrected chi connectivity index (χ1v) is 4.20. The van der Waals surface area contributed by atoms with Crippen molar-refractivity contribution in [3.05, 3.63) is 0 Å². The Kier molecular flexibility index (Phi) is 2.95. The summed E-state index contributed by atoms with van der Waals surface area (Å²) in [7, 11) is 0. The highest BCUT2D eigenvalue weighted by Gasteiger charge is 2.46. The van der Waals surface area contributed by atoms with Crippen molar-refractivity contribution >= 4 is 5.78 Å². The Hall–Kier alpha value is -0.580. The van der Waals surface area contributed by atoms with Crippen molar-refractivity contribution < 1.29 is 23.1 Å². The van der Waals surface area contributed by atoms with E-state index in [9.17, 15) is 18.0 Å². The van der Waals surface area contributed by atoms with E-state index in [4.69, 9.17) is 5.11 Å². The van der Waals surface area contributed by atoms with Gasteiger partial charge in [0.05, 0.1) is 5.92 Å². The summed E-state index contributed by atoms with van der Waals surface area (Å²) in [5.41, 5.74) is 0. The van der Waals surface area contributed by atoms with Crippen molar-refractivity contribution in [2.45, 2.75) is 38.0 Å². The molecule has 0 amide bonds. The lowest BCUT2D eigenvalue weighted by atomic mass is 9.84. The van der Waals surface area contributed by atoms with Gasteiger partial charge in [-0.05, 0) is 12.8 Å². The number of alkyl halides is 3. The van der Waals surface area contributed by atoms with E-state index >= 15 is 0 Å². The SMILES string of the molecule is O=C1CCCC[C@@H]1[C@@H](O)C(F)(F)F. The highest BCUT2D eigenvalue weighted by molar-refractivity contribution is 5.82. The molecule has 1 saturated carbocycles. The first kappa shape index (κ1) is 10.5. The Morgan fingerprint density at radius 2 is 2.00 bits per heavy atom. The van der Waals surface area contributed by atoms with Crippen LogP contribution in [0.25, 0.3) is 0 Å². The molecule has 1 aliphatic rings. The third-order valence-electron chi connectivity index (χ3n) is 2.32. The highest BCUT2D eigenvalue weighted by atomic mass is 19.4. The summed E-state index contributed by atoms with van der Waals surface area (Å²) in [5.74, 6) is -1.69. The molecule has 1 rings (SSSR count). The van der Waals surface area contributed by atoms with Gasteiger partial charge in [-0.25, -0.2) is 0 Å². The van der Waals surface area contributed by atoms with E-state index in [1.165, 1.54) is 0 Å². The normalized spacial score (nSPS) is 27.4. The minimum Gasteiger partial charge on any atom is -0.383 e. The van der Waals surface area contributed by atoms with Crippen molar-refractivity contribution in [2.24, 2.45) is 5.92 Å². The third-order valence-corrected chi connectivity index (χ3v) is 2.32. The zero-order valence-electron chi connectivity index (χ0n) is 6.97. The summed E-state index contributed by atoms with van der Waals surface area (Å²) in [5, 5.41) is 8.84. The number of rotatable bonds is 1. The van der Waals surface area contributed by atoms with Gasteiger partial charge in [0.25, 0.3) is 0 Å². The Bertz CT molecular complexity index is 200. The second-order valence-corrected chi connectivity index (χ2v) is 3.31. The number of carbonyl (C=O) groups excluding carboxylic acids is 1. The van der Waals surface area contributed by atoms with E-state index in [-0.39, 0.29) is 12.8 Å². The number of ketones is 1. The molecule has 5 heteroatoms. The van der Waals surface area contributed by atoms with Gasteiger partial charge in [-0.3, -0.25) is 4.79 Å². The predicted octanol–water partition coefficient (Wildman–Crippen LogP) is 1.67. The molecule has 1 fully saturated rings. The minimum atomic E-state index is -4.67. The maximum atomic E-state index is 12.0. The monoisotopic (exact) mass is 196 g/mol. The van der Waals surface area contributed by atoms with E-state index in [1.54, 1.807) is 0 Å². The largest absolute Gasteiger partial charge is 0.415 e. The fraction of sp³-hybridized carbons (Fsp3) is 0.875. The lowest BCUT2D eigenvalue weighted by molar-refractivity contribution is -0.220. The van der Waals surface area contributed by atoms with Crippen LogP contribution < -0.4 is 0 Å². The summed E-state index contributed by atoms with van der Waals surface area (Å²) < 4.78 is 36.0. The second kappa shape index (κ2) is 3.65. The van der Waals surface area contributed by atoms with Crippen LogP contribution in [0.1, 0.15) is 25.7 Å². The number of hydrogen-bond donors (Lipinski definition) is 1. The summed E-state index contributed by atoms with van der Waals surface area (Å²) in [6.07, 6.45) is -5.60. The number of aliphatic hydroxyl groups is 1. The van der Waals surface area contributed by atoms with Gasteiger partial charge in [0.2, 0.25) is 0 Å². The smallest absolute Gasteiger partial charge is 0.383 e. The maximum absolute atomic E-state index is 12.0. The van der Waals surface area contributed by atoms with Gasteiger partial charge in [-0.15, -0.1) is 0 Å². The Morgan fingerprint density at radius 1 is 1.38 bits per heavy atom. The predicted molar refractivity (Wildman–Crippen MR) is 39.0 cm³/mol. The second-order valence-electron chi connectivity index (χ2n) is 3.31. The summed E-state index contributed by atoms with van der Waals surface area (Å²) in [6, 6.07) is 0. The van der Waals surface area contributed by atoms with Crippen molar-refractivity contribution in [1.29, 1.82) is 0 Å². The molecule has 0 spiro atoms. The fourth-order valence-corrected chi connectivity index (χ4v) is 1.57. The molecule has 0 radical (unpaired) electrons. The van der Waals surface area contributed by atoms with E-state index in [1.807, 2.05) is 0 Å². The van der Waals surface area contributed by atoms with Crippen LogP contribution >= 0.6 is 0 Å². The summed E-state index contributed by atoms with van der Waals surface area (Å²) in [4.78, 5) is 11.0. The van der Waals surface area contributed by atoms with Crippen LogP contribution in [-0.4, -0.2) is 23.2 Å². The van der Waals surface area contributed by atoms with Gasteiger partial charge in [0, 0.05) is 6.42 Å². The topological polar surface area (TPSA) is 37.3 Å². The molecule has 1 aliphatic carbocycles. The molecule has 13 heavy (non-hydrogen) atoms. The maximum Gasteiger partial charge on any atom is 0.415 e. The van der Waals surface area contributed by atoms with Crippen LogP contribution in [0.2, 0.25) is 0 Å². The van der Waals surface area contributed by atoms with Crippen LogP contribution in [0.15, 0.2) is 0 Å². The first-order valence-electron chi connectivity index (χ1n) is 4.20. The van der Waals surface area contributed by atoms with E-state index in [0.717, 1.165) is 0 Å². The zero-order chi connectivity index (χ0) is 10.1. The van der Waals surface area contributed by atoms with Crippen molar-refractivity contribution in [3.63, 3.8) is 0 Å². The zero-order valence-corrected chi connectivity index (χ0v) is 6.97. The molecular weight excluding hydrogens is 185 g/mol. The van der Waals surface area contributed by atoms with Gasteiger partial charge in [-0.1, -0.05) is 6.42 Å².